The van der Waals surface area contributed by atoms with Crippen LogP contribution in [0.4, 0.5) is 0 Å². The number of fused-ring (bicyclic) bond motifs is 3. The van der Waals surface area contributed by atoms with Crippen LogP contribution in [0, 0.1) is 11.8 Å². The van der Waals surface area contributed by atoms with Crippen LogP contribution < -0.4 is 23.7 Å². The van der Waals surface area contributed by atoms with Gasteiger partial charge in [-0.05, 0) is 59.0 Å². The Morgan fingerprint density at radius 1 is 0.947 bits per heavy atom. The molecule has 0 saturated carbocycles. The number of cyclic esters (lactones) is 1. The largest absolute Gasteiger partial charge is 0.493 e. The van der Waals surface area contributed by atoms with Crippen LogP contribution in [0.1, 0.15) is 28.2 Å². The van der Waals surface area contributed by atoms with Gasteiger partial charge in [0.15, 0.2) is 23.0 Å². The van der Waals surface area contributed by atoms with E-state index >= 15 is 0 Å². The molecule has 3 aromatic carbocycles. The van der Waals surface area contributed by atoms with Gasteiger partial charge in [0, 0.05) is 17.9 Å². The zero-order valence-corrected chi connectivity index (χ0v) is 21.0. The third-order valence-electron chi connectivity index (χ3n) is 7.29. The Morgan fingerprint density at radius 3 is 2.37 bits per heavy atom. The fraction of sp³-hybridized carbons (Fsp3) is 0.267. The monoisotopic (exact) mass is 514 g/mol. The lowest BCUT2D eigenvalue weighted by Gasteiger charge is -2.34. The lowest BCUT2D eigenvalue weighted by atomic mass is 9.67. The molecule has 0 radical (unpaired) electrons. The van der Waals surface area contributed by atoms with Gasteiger partial charge < -0.3 is 28.4 Å². The van der Waals surface area contributed by atoms with Gasteiger partial charge in [-0.1, -0.05) is 30.3 Å². The maximum atomic E-state index is 12.9. The number of ether oxygens (including phenoxy) is 6. The quantitative estimate of drug-likeness (QED) is 0.269. The lowest BCUT2D eigenvalue weighted by molar-refractivity contribution is -0.141. The second-order valence-corrected chi connectivity index (χ2v) is 9.42. The van der Waals surface area contributed by atoms with E-state index in [9.17, 15) is 9.59 Å². The van der Waals surface area contributed by atoms with Crippen LogP contribution in [-0.4, -0.2) is 39.6 Å². The molecule has 3 aromatic rings. The zero-order valence-electron chi connectivity index (χ0n) is 21.0. The summed E-state index contributed by atoms with van der Waals surface area (Å²) in [6, 6.07) is 17.0. The highest BCUT2D eigenvalue weighted by Gasteiger charge is 2.48. The molecule has 0 unspecified atom stereocenters. The van der Waals surface area contributed by atoms with E-state index in [0.717, 1.165) is 22.3 Å². The molecule has 1 aliphatic carbocycles. The van der Waals surface area contributed by atoms with Crippen molar-refractivity contribution < 1.29 is 38.0 Å². The highest BCUT2D eigenvalue weighted by Crippen LogP contribution is 2.52. The van der Waals surface area contributed by atoms with Gasteiger partial charge in [-0.3, -0.25) is 4.79 Å². The van der Waals surface area contributed by atoms with E-state index in [4.69, 9.17) is 28.4 Å². The molecule has 8 heteroatoms. The summed E-state index contributed by atoms with van der Waals surface area (Å²) in [5.74, 6) is 0.648. The molecule has 194 valence electrons. The third kappa shape index (κ3) is 4.22. The van der Waals surface area contributed by atoms with E-state index in [1.807, 2.05) is 42.5 Å². The van der Waals surface area contributed by atoms with Crippen molar-refractivity contribution in [2.24, 2.45) is 11.8 Å². The predicted octanol–water partition coefficient (Wildman–Crippen LogP) is 4.53. The number of methoxy groups -OCH3 is 2. The topological polar surface area (TPSA) is 89.5 Å². The molecule has 2 aliphatic heterocycles. The van der Waals surface area contributed by atoms with Crippen molar-refractivity contribution in [2.45, 2.75) is 12.3 Å². The van der Waals surface area contributed by atoms with Crippen LogP contribution in [0.15, 0.2) is 60.7 Å². The summed E-state index contributed by atoms with van der Waals surface area (Å²) in [6.45, 7) is 0.532. The molecule has 0 spiro atoms. The molecule has 6 rings (SSSR count). The van der Waals surface area contributed by atoms with Gasteiger partial charge in [0.1, 0.15) is 0 Å². The summed E-state index contributed by atoms with van der Waals surface area (Å²) in [5, 5.41) is 0. The number of benzene rings is 3. The first-order valence-corrected chi connectivity index (χ1v) is 12.4. The van der Waals surface area contributed by atoms with Crippen LogP contribution in [0.3, 0.4) is 0 Å². The fourth-order valence-corrected chi connectivity index (χ4v) is 5.55. The Bertz CT molecular complexity index is 1400. The summed E-state index contributed by atoms with van der Waals surface area (Å²) in [7, 11) is 2.99. The predicted molar refractivity (Wildman–Crippen MR) is 137 cm³/mol. The minimum absolute atomic E-state index is 0.0259. The van der Waals surface area contributed by atoms with E-state index in [0.29, 0.717) is 36.0 Å². The van der Waals surface area contributed by atoms with Gasteiger partial charge in [0.25, 0.3) is 0 Å². The van der Waals surface area contributed by atoms with Crippen LogP contribution in [0.25, 0.3) is 6.08 Å². The van der Waals surface area contributed by atoms with Crippen LogP contribution in [-0.2, 0) is 20.7 Å². The Kier molecular flexibility index (Phi) is 6.15. The molecule has 0 bridgehead atoms. The number of hydrogen-bond acceptors (Lipinski definition) is 8. The van der Waals surface area contributed by atoms with Crippen LogP contribution >= 0.6 is 0 Å². The molecule has 3 aliphatic rings. The highest BCUT2D eigenvalue weighted by atomic mass is 16.7. The van der Waals surface area contributed by atoms with Gasteiger partial charge in [0.2, 0.25) is 12.5 Å². The van der Waals surface area contributed by atoms with Crippen molar-refractivity contribution in [2.75, 3.05) is 27.6 Å². The highest BCUT2D eigenvalue weighted by molar-refractivity contribution is 5.89. The van der Waals surface area contributed by atoms with E-state index < -0.39 is 5.97 Å². The maximum absolute atomic E-state index is 12.9. The van der Waals surface area contributed by atoms with Crippen molar-refractivity contribution in [3.63, 3.8) is 0 Å². The summed E-state index contributed by atoms with van der Waals surface area (Å²) < 4.78 is 33.7. The SMILES string of the molecule is COc1cc([C@@H]2c3cc4c(cc3C[C@H]3COC(=O)[C@@H]32)OCO4)cc(OC)c1OC(=O)/C=C/c1ccccc1. The minimum atomic E-state index is -0.576. The van der Waals surface area contributed by atoms with Crippen molar-refractivity contribution >= 4 is 18.0 Å². The van der Waals surface area contributed by atoms with Crippen LogP contribution in [0.2, 0.25) is 0 Å². The standard InChI is InChI=1S/C30H26O8/c1-33-24-12-19(13-25(34-2)29(24)38-26(31)9-8-17-6-4-3-5-7-17)27-21-14-23-22(36-16-37-23)11-18(21)10-20-15-35-30(32)28(20)27/h3-9,11-14,20,27-28H,10,15-16H2,1-2H3/b9-8+/t20-,27+,28-/m0/s1. The molecular formula is C30H26O8. The van der Waals surface area contributed by atoms with Crippen molar-refractivity contribution in [3.05, 3.63) is 82.9 Å². The van der Waals surface area contributed by atoms with Crippen molar-refractivity contribution in [3.8, 4) is 28.7 Å². The average molecular weight is 515 g/mol. The molecule has 8 nitrogen and oxygen atoms in total. The van der Waals surface area contributed by atoms with Gasteiger partial charge >= 0.3 is 11.9 Å². The number of carbonyl (C=O) groups is 2. The summed E-state index contributed by atoms with van der Waals surface area (Å²) in [5.41, 5.74) is 3.70. The molecule has 3 atom stereocenters. The number of carbonyl (C=O) groups excluding carboxylic acids is 2. The fourth-order valence-electron chi connectivity index (χ4n) is 5.55. The van der Waals surface area contributed by atoms with Crippen LogP contribution in [0.5, 0.6) is 28.7 Å². The van der Waals surface area contributed by atoms with E-state index in [1.54, 1.807) is 18.2 Å². The third-order valence-corrected chi connectivity index (χ3v) is 7.29. The summed E-state index contributed by atoms with van der Waals surface area (Å²) in [4.78, 5) is 25.6. The molecular weight excluding hydrogens is 488 g/mol. The Balaban J connectivity index is 1.39. The summed E-state index contributed by atoms with van der Waals surface area (Å²) >= 11 is 0. The normalized spacial score (nSPS) is 21.0. The molecule has 0 aromatic heterocycles. The van der Waals surface area contributed by atoms with E-state index in [1.165, 1.54) is 20.3 Å². The van der Waals surface area contributed by atoms with E-state index in [2.05, 4.69) is 0 Å². The van der Waals surface area contributed by atoms with Crippen molar-refractivity contribution in [1.29, 1.82) is 0 Å². The Morgan fingerprint density at radius 2 is 1.66 bits per heavy atom. The molecule has 38 heavy (non-hydrogen) atoms. The molecule has 0 N–H and O–H groups in total. The average Bonchev–Trinajstić information content (AvgIpc) is 3.55. The maximum Gasteiger partial charge on any atom is 0.336 e. The molecule has 2 heterocycles. The number of hydrogen-bond donors (Lipinski definition) is 0. The van der Waals surface area contributed by atoms with E-state index in [-0.39, 0.29) is 36.3 Å². The Hall–Kier alpha value is -4.46. The minimum Gasteiger partial charge on any atom is -0.493 e. The molecule has 1 saturated heterocycles. The van der Waals surface area contributed by atoms with Gasteiger partial charge in [-0.2, -0.15) is 0 Å². The lowest BCUT2D eigenvalue weighted by Crippen LogP contribution is -2.31. The second-order valence-electron chi connectivity index (χ2n) is 9.42. The number of esters is 2. The first-order chi connectivity index (χ1) is 18.6. The first-order valence-electron chi connectivity index (χ1n) is 12.4. The Labute approximate surface area is 219 Å². The molecule has 0 amide bonds. The number of rotatable bonds is 6. The molecule has 1 fully saturated rings. The smallest absolute Gasteiger partial charge is 0.336 e. The van der Waals surface area contributed by atoms with Gasteiger partial charge in [0.05, 0.1) is 26.7 Å². The second kappa shape index (κ2) is 9.78. The van der Waals surface area contributed by atoms with Gasteiger partial charge in [-0.25, -0.2) is 4.79 Å². The summed E-state index contributed by atoms with van der Waals surface area (Å²) in [6.07, 6.45) is 3.72. The van der Waals surface area contributed by atoms with Crippen molar-refractivity contribution in [1.82, 2.24) is 0 Å². The van der Waals surface area contributed by atoms with Gasteiger partial charge in [-0.15, -0.1) is 0 Å². The first kappa shape index (κ1) is 23.9. The zero-order chi connectivity index (χ0) is 26.2.